The molecule has 0 aliphatic carbocycles. The van der Waals surface area contributed by atoms with Gasteiger partial charge in [-0.1, -0.05) is 0 Å². The molecule has 172 valence electrons. The Morgan fingerprint density at radius 3 is 1.40 bits per heavy atom. The number of benzene rings is 2. The van der Waals surface area contributed by atoms with Crippen molar-refractivity contribution >= 4 is 11.3 Å². The van der Waals surface area contributed by atoms with Gasteiger partial charge < -0.3 is 8.80 Å². The fraction of sp³-hybridized carbons (Fsp3) is 0.103. The summed E-state index contributed by atoms with van der Waals surface area (Å²) in [6, 6.07) is 21.0. The number of imidazole rings is 2. The minimum atomic E-state index is -0.286. The van der Waals surface area contributed by atoms with Gasteiger partial charge in [-0.25, -0.2) is 18.7 Å². The molecule has 2 aromatic carbocycles. The summed E-state index contributed by atoms with van der Waals surface area (Å²) in [6.07, 6.45) is 4.56. The lowest BCUT2D eigenvalue weighted by Gasteiger charge is -2.09. The standard InChI is InChI=1S/C29H22F2N4/c1-18-11-13-34-24(28(32-26(34)15-18)20-3-7-22(30)8-4-20)17-25-29(21-5-9-23(31)10-6-21)33-27-16-19(2)12-14-35(25)27/h3-16H,17H2,1-2H3. The zero-order valence-electron chi connectivity index (χ0n) is 19.3. The molecule has 0 aliphatic rings. The van der Waals surface area contributed by atoms with Crippen LogP contribution in [0.25, 0.3) is 33.8 Å². The Morgan fingerprint density at radius 2 is 1.00 bits per heavy atom. The van der Waals surface area contributed by atoms with Crippen molar-refractivity contribution in [2.75, 3.05) is 0 Å². The highest BCUT2D eigenvalue weighted by Crippen LogP contribution is 2.32. The number of hydrogen-bond acceptors (Lipinski definition) is 2. The summed E-state index contributed by atoms with van der Waals surface area (Å²) in [5.41, 5.74) is 9.08. The zero-order chi connectivity index (χ0) is 24.1. The summed E-state index contributed by atoms with van der Waals surface area (Å²) in [6.45, 7) is 4.07. The molecule has 6 aromatic rings. The van der Waals surface area contributed by atoms with E-state index in [-0.39, 0.29) is 11.6 Å². The minimum Gasteiger partial charge on any atom is -0.303 e. The average Bonchev–Trinajstić information content (AvgIpc) is 3.38. The van der Waals surface area contributed by atoms with Crippen LogP contribution in [0.5, 0.6) is 0 Å². The zero-order valence-corrected chi connectivity index (χ0v) is 19.3. The number of aryl methyl sites for hydroxylation is 2. The molecule has 0 saturated heterocycles. The first-order valence-corrected chi connectivity index (χ1v) is 11.4. The van der Waals surface area contributed by atoms with Crippen molar-refractivity contribution in [3.05, 3.63) is 119 Å². The first-order valence-electron chi connectivity index (χ1n) is 11.4. The largest absolute Gasteiger partial charge is 0.303 e. The van der Waals surface area contributed by atoms with Gasteiger partial charge in [-0.15, -0.1) is 0 Å². The van der Waals surface area contributed by atoms with Gasteiger partial charge in [-0.2, -0.15) is 0 Å². The van der Waals surface area contributed by atoms with Gasteiger partial charge in [0.05, 0.1) is 22.8 Å². The molecular formula is C29H22F2N4. The SMILES string of the molecule is Cc1ccn2c(Cc3c(-c4ccc(F)cc4)nc4cc(C)ccn34)c(-c3ccc(F)cc3)nc2c1. The first kappa shape index (κ1) is 21.2. The van der Waals surface area contributed by atoms with E-state index in [4.69, 9.17) is 9.97 Å². The van der Waals surface area contributed by atoms with Crippen molar-refractivity contribution in [3.8, 4) is 22.5 Å². The van der Waals surface area contributed by atoms with E-state index in [0.29, 0.717) is 6.42 Å². The first-order chi connectivity index (χ1) is 17.0. The van der Waals surface area contributed by atoms with Crippen LogP contribution < -0.4 is 0 Å². The van der Waals surface area contributed by atoms with Crippen LogP contribution in [0.15, 0.2) is 85.2 Å². The Hall–Kier alpha value is -4.32. The molecule has 0 fully saturated rings. The molecule has 0 radical (unpaired) electrons. The number of pyridine rings is 2. The van der Waals surface area contributed by atoms with Gasteiger partial charge in [-0.3, -0.25) is 0 Å². The van der Waals surface area contributed by atoms with E-state index in [1.165, 1.54) is 24.3 Å². The Morgan fingerprint density at radius 1 is 0.600 bits per heavy atom. The van der Waals surface area contributed by atoms with Crippen molar-refractivity contribution in [2.24, 2.45) is 0 Å². The maximum Gasteiger partial charge on any atom is 0.137 e. The normalized spacial score (nSPS) is 11.5. The minimum absolute atomic E-state index is 0.286. The number of hydrogen-bond donors (Lipinski definition) is 0. The lowest BCUT2D eigenvalue weighted by molar-refractivity contribution is 0.627. The van der Waals surface area contributed by atoms with Gasteiger partial charge in [0.1, 0.15) is 22.9 Å². The molecule has 0 amide bonds. The van der Waals surface area contributed by atoms with E-state index in [9.17, 15) is 8.78 Å². The third kappa shape index (κ3) is 3.77. The summed E-state index contributed by atoms with van der Waals surface area (Å²) in [5.74, 6) is -0.573. The Labute approximate surface area is 201 Å². The second-order valence-electron chi connectivity index (χ2n) is 8.87. The molecule has 0 aliphatic heterocycles. The maximum absolute atomic E-state index is 13.7. The summed E-state index contributed by atoms with van der Waals surface area (Å²) in [4.78, 5) is 9.85. The predicted octanol–water partition coefficient (Wildman–Crippen LogP) is 6.80. The van der Waals surface area contributed by atoms with Crippen LogP contribution in [0.1, 0.15) is 22.5 Å². The molecule has 6 rings (SSSR count). The quantitative estimate of drug-likeness (QED) is 0.288. The lowest BCUT2D eigenvalue weighted by atomic mass is 10.0. The number of aromatic nitrogens is 4. The molecule has 4 aromatic heterocycles. The van der Waals surface area contributed by atoms with Gasteiger partial charge in [-0.05, 0) is 97.8 Å². The van der Waals surface area contributed by atoms with Crippen LogP contribution in [0, 0.1) is 25.5 Å². The van der Waals surface area contributed by atoms with Crippen LogP contribution in [0.3, 0.4) is 0 Å². The van der Waals surface area contributed by atoms with E-state index in [1.807, 2.05) is 50.5 Å². The number of halogens is 2. The summed E-state index contributed by atoms with van der Waals surface area (Å²) >= 11 is 0. The number of rotatable bonds is 4. The third-order valence-electron chi connectivity index (χ3n) is 6.33. The van der Waals surface area contributed by atoms with E-state index in [0.717, 1.165) is 56.3 Å². The highest BCUT2D eigenvalue weighted by Gasteiger charge is 2.21. The van der Waals surface area contributed by atoms with Crippen LogP contribution in [0.4, 0.5) is 8.78 Å². The molecule has 0 N–H and O–H groups in total. The third-order valence-corrected chi connectivity index (χ3v) is 6.33. The van der Waals surface area contributed by atoms with Crippen molar-refractivity contribution in [1.82, 2.24) is 18.8 Å². The van der Waals surface area contributed by atoms with Crippen LogP contribution in [0.2, 0.25) is 0 Å². The average molecular weight is 465 g/mol. The molecule has 0 saturated carbocycles. The Bertz CT molecular complexity index is 1570. The molecule has 6 heteroatoms. The maximum atomic E-state index is 13.7. The van der Waals surface area contributed by atoms with Gasteiger partial charge in [0.15, 0.2) is 0 Å². The summed E-state index contributed by atoms with van der Waals surface area (Å²) in [5, 5.41) is 0. The molecule has 0 atom stereocenters. The smallest absolute Gasteiger partial charge is 0.137 e. The molecule has 4 nitrogen and oxygen atoms in total. The molecular weight excluding hydrogens is 442 g/mol. The van der Waals surface area contributed by atoms with E-state index in [2.05, 4.69) is 8.80 Å². The van der Waals surface area contributed by atoms with Gasteiger partial charge in [0.2, 0.25) is 0 Å². The van der Waals surface area contributed by atoms with Crippen molar-refractivity contribution in [1.29, 1.82) is 0 Å². The monoisotopic (exact) mass is 464 g/mol. The second-order valence-corrected chi connectivity index (χ2v) is 8.87. The fourth-order valence-corrected chi connectivity index (χ4v) is 4.57. The van der Waals surface area contributed by atoms with Crippen LogP contribution in [-0.2, 0) is 6.42 Å². The van der Waals surface area contributed by atoms with E-state index >= 15 is 0 Å². The van der Waals surface area contributed by atoms with Gasteiger partial charge in [0.25, 0.3) is 0 Å². The Balaban J connectivity index is 1.60. The predicted molar refractivity (Wildman–Crippen MR) is 133 cm³/mol. The topological polar surface area (TPSA) is 34.6 Å². The van der Waals surface area contributed by atoms with E-state index in [1.54, 1.807) is 24.3 Å². The Kier molecular flexibility index (Phi) is 4.95. The second kappa shape index (κ2) is 8.17. The van der Waals surface area contributed by atoms with E-state index < -0.39 is 0 Å². The summed E-state index contributed by atoms with van der Waals surface area (Å²) < 4.78 is 31.5. The van der Waals surface area contributed by atoms with Crippen LogP contribution >= 0.6 is 0 Å². The molecule has 4 heterocycles. The summed E-state index contributed by atoms with van der Waals surface area (Å²) in [7, 11) is 0. The van der Waals surface area contributed by atoms with Crippen molar-refractivity contribution in [3.63, 3.8) is 0 Å². The number of fused-ring (bicyclic) bond motifs is 2. The lowest BCUT2D eigenvalue weighted by Crippen LogP contribution is -2.02. The molecule has 0 unspecified atom stereocenters. The molecule has 35 heavy (non-hydrogen) atoms. The van der Waals surface area contributed by atoms with Gasteiger partial charge in [0, 0.05) is 29.9 Å². The highest BCUT2D eigenvalue weighted by atomic mass is 19.1. The molecule has 0 spiro atoms. The van der Waals surface area contributed by atoms with Crippen LogP contribution in [-0.4, -0.2) is 18.8 Å². The molecule has 0 bridgehead atoms. The highest BCUT2D eigenvalue weighted by molar-refractivity contribution is 5.71. The van der Waals surface area contributed by atoms with Crippen molar-refractivity contribution in [2.45, 2.75) is 20.3 Å². The fourth-order valence-electron chi connectivity index (χ4n) is 4.57. The number of nitrogens with zero attached hydrogens (tertiary/aromatic N) is 4. The van der Waals surface area contributed by atoms with Gasteiger partial charge >= 0.3 is 0 Å². The van der Waals surface area contributed by atoms with Crippen molar-refractivity contribution < 1.29 is 8.78 Å².